The van der Waals surface area contributed by atoms with Crippen LogP contribution in [0.15, 0.2) is 45.8 Å². The number of sulfonamides is 1. The lowest BCUT2D eigenvalue weighted by Crippen LogP contribution is -2.15. The molecule has 3 aromatic rings. The first-order valence-electron chi connectivity index (χ1n) is 9.81. The molecule has 0 radical (unpaired) electrons. The maximum Gasteiger partial charge on any atom is 0.265 e. The number of aromatic nitrogens is 1. The summed E-state index contributed by atoms with van der Waals surface area (Å²) in [5, 5.41) is 6.54. The standard InChI is InChI=1S/C23H25N3O5S/c1-14-6-9-19(15(2)12-14)26-32(28,29)22-13-18(7-10-20(22)30-5)8-11-21-23(24-17(4)27)16(3)25-31-21/h6-13,26H,1-5H3,(H,24,27)/b11-8-. The van der Waals surface area contributed by atoms with Gasteiger partial charge in [-0.2, -0.15) is 0 Å². The summed E-state index contributed by atoms with van der Waals surface area (Å²) in [4.78, 5) is 11.4. The number of rotatable bonds is 7. The van der Waals surface area contributed by atoms with Gasteiger partial charge in [0.1, 0.15) is 22.0 Å². The summed E-state index contributed by atoms with van der Waals surface area (Å²) >= 11 is 0. The van der Waals surface area contributed by atoms with Gasteiger partial charge in [-0.15, -0.1) is 0 Å². The van der Waals surface area contributed by atoms with Crippen molar-refractivity contribution in [1.29, 1.82) is 0 Å². The number of nitrogens with one attached hydrogen (secondary N) is 2. The van der Waals surface area contributed by atoms with Crippen molar-refractivity contribution < 1.29 is 22.5 Å². The van der Waals surface area contributed by atoms with Gasteiger partial charge in [-0.3, -0.25) is 9.52 Å². The van der Waals surface area contributed by atoms with Crippen LogP contribution >= 0.6 is 0 Å². The van der Waals surface area contributed by atoms with Crippen molar-refractivity contribution in [2.45, 2.75) is 32.6 Å². The van der Waals surface area contributed by atoms with Crippen molar-refractivity contribution in [3.05, 3.63) is 64.5 Å². The molecule has 0 saturated heterocycles. The van der Waals surface area contributed by atoms with E-state index >= 15 is 0 Å². The van der Waals surface area contributed by atoms with Crippen LogP contribution in [-0.4, -0.2) is 26.6 Å². The molecule has 0 aliphatic carbocycles. The van der Waals surface area contributed by atoms with Crippen LogP contribution in [0.5, 0.6) is 5.75 Å². The summed E-state index contributed by atoms with van der Waals surface area (Å²) in [6, 6.07) is 10.3. The molecule has 0 saturated carbocycles. The number of carbonyl (C=O) groups is 1. The molecule has 168 valence electrons. The van der Waals surface area contributed by atoms with E-state index in [2.05, 4.69) is 15.2 Å². The molecule has 32 heavy (non-hydrogen) atoms. The number of hydrogen-bond acceptors (Lipinski definition) is 6. The minimum atomic E-state index is -3.92. The minimum absolute atomic E-state index is 0.00189. The molecule has 0 spiro atoms. The number of benzene rings is 2. The fraction of sp³-hybridized carbons (Fsp3) is 0.217. The maximum absolute atomic E-state index is 13.1. The average molecular weight is 456 g/mol. The van der Waals surface area contributed by atoms with Gasteiger partial charge >= 0.3 is 0 Å². The fourth-order valence-electron chi connectivity index (χ4n) is 3.14. The molecule has 0 atom stereocenters. The van der Waals surface area contributed by atoms with E-state index in [4.69, 9.17) is 9.26 Å². The number of nitrogens with zero attached hydrogens (tertiary/aromatic N) is 1. The average Bonchev–Trinajstić information content (AvgIpc) is 3.07. The van der Waals surface area contributed by atoms with Gasteiger partial charge in [0.15, 0.2) is 5.76 Å². The summed E-state index contributed by atoms with van der Waals surface area (Å²) in [5.74, 6) is 0.321. The van der Waals surface area contributed by atoms with Crippen molar-refractivity contribution in [1.82, 2.24) is 5.16 Å². The van der Waals surface area contributed by atoms with Crippen molar-refractivity contribution in [2.75, 3.05) is 17.1 Å². The van der Waals surface area contributed by atoms with E-state index in [9.17, 15) is 13.2 Å². The Kier molecular flexibility index (Phi) is 6.69. The second-order valence-corrected chi connectivity index (χ2v) is 9.01. The van der Waals surface area contributed by atoms with Gasteiger partial charge in [-0.25, -0.2) is 8.42 Å². The van der Waals surface area contributed by atoms with Crippen molar-refractivity contribution in [2.24, 2.45) is 0 Å². The third kappa shape index (κ3) is 5.17. The number of carbonyl (C=O) groups excluding carboxylic acids is 1. The molecule has 0 unspecified atom stereocenters. The van der Waals surface area contributed by atoms with Crippen molar-refractivity contribution in [3.63, 3.8) is 0 Å². The Morgan fingerprint density at radius 1 is 1.09 bits per heavy atom. The maximum atomic E-state index is 13.1. The van der Waals surface area contributed by atoms with Gasteiger partial charge in [-0.1, -0.05) is 35.0 Å². The third-order valence-corrected chi connectivity index (χ3v) is 6.11. The van der Waals surface area contributed by atoms with Crippen molar-refractivity contribution in [3.8, 4) is 5.75 Å². The normalized spacial score (nSPS) is 11.5. The smallest absolute Gasteiger partial charge is 0.265 e. The molecule has 0 bridgehead atoms. The minimum Gasteiger partial charge on any atom is -0.495 e. The number of ether oxygens (including phenoxy) is 1. The van der Waals surface area contributed by atoms with Crippen LogP contribution in [0.4, 0.5) is 11.4 Å². The van der Waals surface area contributed by atoms with Crippen LogP contribution in [0.2, 0.25) is 0 Å². The fourth-order valence-corrected chi connectivity index (χ4v) is 4.47. The second-order valence-electron chi connectivity index (χ2n) is 7.36. The van der Waals surface area contributed by atoms with E-state index in [1.54, 1.807) is 37.3 Å². The predicted molar refractivity (Wildman–Crippen MR) is 124 cm³/mol. The number of methoxy groups -OCH3 is 1. The summed E-state index contributed by atoms with van der Waals surface area (Å²) in [6.45, 7) is 6.89. The van der Waals surface area contributed by atoms with Crippen LogP contribution in [0.25, 0.3) is 12.2 Å². The van der Waals surface area contributed by atoms with E-state index in [1.165, 1.54) is 20.1 Å². The summed E-state index contributed by atoms with van der Waals surface area (Å²) in [6.07, 6.45) is 3.28. The van der Waals surface area contributed by atoms with Gasteiger partial charge in [-0.05, 0) is 56.2 Å². The zero-order chi connectivity index (χ0) is 23.5. The molecular weight excluding hydrogens is 430 g/mol. The highest BCUT2D eigenvalue weighted by atomic mass is 32.2. The zero-order valence-corrected chi connectivity index (χ0v) is 19.3. The van der Waals surface area contributed by atoms with Crippen LogP contribution in [0, 0.1) is 20.8 Å². The van der Waals surface area contributed by atoms with E-state index < -0.39 is 10.0 Å². The molecule has 3 rings (SSSR count). The monoisotopic (exact) mass is 455 g/mol. The predicted octanol–water partition coefficient (Wildman–Crippen LogP) is 4.54. The first-order valence-corrected chi connectivity index (χ1v) is 11.3. The molecule has 0 fully saturated rings. The van der Waals surface area contributed by atoms with Gasteiger partial charge < -0.3 is 14.6 Å². The first-order chi connectivity index (χ1) is 15.1. The number of hydrogen-bond donors (Lipinski definition) is 2. The Morgan fingerprint density at radius 3 is 2.50 bits per heavy atom. The lowest BCUT2D eigenvalue weighted by atomic mass is 10.1. The molecule has 1 aromatic heterocycles. The van der Waals surface area contributed by atoms with Crippen LogP contribution in [0.1, 0.15) is 35.1 Å². The highest BCUT2D eigenvalue weighted by molar-refractivity contribution is 7.92. The Balaban J connectivity index is 1.95. The molecule has 1 amide bonds. The van der Waals surface area contributed by atoms with Crippen LogP contribution in [0.3, 0.4) is 0 Å². The second kappa shape index (κ2) is 9.27. The number of aryl methyl sites for hydroxylation is 3. The van der Waals surface area contributed by atoms with Crippen molar-refractivity contribution >= 4 is 39.5 Å². The van der Waals surface area contributed by atoms with E-state index in [0.717, 1.165) is 11.1 Å². The SMILES string of the molecule is COc1ccc(/C=C\c2onc(C)c2NC(C)=O)cc1S(=O)(=O)Nc1ccc(C)cc1C. The number of anilines is 2. The quantitative estimate of drug-likeness (QED) is 0.541. The zero-order valence-electron chi connectivity index (χ0n) is 18.5. The van der Waals surface area contributed by atoms with Gasteiger partial charge in [0.05, 0.1) is 12.8 Å². The highest BCUT2D eigenvalue weighted by Gasteiger charge is 2.21. The first kappa shape index (κ1) is 23.1. The van der Waals surface area contributed by atoms with Crippen LogP contribution in [-0.2, 0) is 14.8 Å². The largest absolute Gasteiger partial charge is 0.495 e. The Labute approximate surface area is 187 Å². The van der Waals surface area contributed by atoms with Crippen LogP contribution < -0.4 is 14.8 Å². The number of amides is 1. The molecule has 0 aliphatic heterocycles. The van der Waals surface area contributed by atoms with Gasteiger partial charge in [0, 0.05) is 6.92 Å². The molecule has 0 aliphatic rings. The summed E-state index contributed by atoms with van der Waals surface area (Å²) in [7, 11) is -2.50. The lowest BCUT2D eigenvalue weighted by Gasteiger charge is -2.14. The van der Waals surface area contributed by atoms with Gasteiger partial charge in [0.25, 0.3) is 10.0 Å². The molecule has 8 nitrogen and oxygen atoms in total. The lowest BCUT2D eigenvalue weighted by molar-refractivity contribution is -0.114. The van der Waals surface area contributed by atoms with Gasteiger partial charge in [0.2, 0.25) is 5.91 Å². The Hall–Kier alpha value is -3.59. The molecule has 2 N–H and O–H groups in total. The van der Waals surface area contributed by atoms with E-state index in [-0.39, 0.29) is 16.6 Å². The Bertz CT molecular complexity index is 1290. The van der Waals surface area contributed by atoms with E-state index in [1.807, 2.05) is 26.0 Å². The molecular formula is C23H25N3O5S. The summed E-state index contributed by atoms with van der Waals surface area (Å²) < 4.78 is 39.4. The third-order valence-electron chi connectivity index (χ3n) is 4.72. The topological polar surface area (TPSA) is 111 Å². The highest BCUT2D eigenvalue weighted by Crippen LogP contribution is 2.29. The molecule has 9 heteroatoms. The summed E-state index contributed by atoms with van der Waals surface area (Å²) in [5.41, 5.74) is 3.94. The molecule has 1 heterocycles. The Morgan fingerprint density at radius 2 is 1.84 bits per heavy atom. The molecule has 2 aromatic carbocycles. The van der Waals surface area contributed by atoms with E-state index in [0.29, 0.717) is 28.4 Å².